The Balaban J connectivity index is 0.000000183. The molecule has 0 spiro atoms. The van der Waals surface area contributed by atoms with Crippen molar-refractivity contribution in [2.45, 2.75) is 113 Å². The number of hydrogen-bond acceptors (Lipinski definition) is 22. The number of fused-ring (bicyclic) bond motifs is 1. The van der Waals surface area contributed by atoms with Gasteiger partial charge >= 0.3 is 30.2 Å². The lowest BCUT2D eigenvalue weighted by atomic mass is 10.2. The Kier molecular flexibility index (Phi) is 29.8. The van der Waals surface area contributed by atoms with E-state index in [1.54, 1.807) is 51.7 Å². The molecule has 0 bridgehead atoms. The molecular weight excluding hydrogens is 1210 g/mol. The number of esters is 2. The Hall–Kier alpha value is -7.08. The van der Waals surface area contributed by atoms with E-state index in [4.69, 9.17) is 54.6 Å². The largest absolute Gasteiger partial charge is 0.467 e. The molecule has 492 valence electrons. The zero-order chi connectivity index (χ0) is 65.1. The predicted octanol–water partition coefficient (Wildman–Crippen LogP) is 5.45. The number of β-amino-alcohol motifs (C(OH)–C–C–N with tert-alkyl or cyclic N) is 1. The number of rotatable bonds is 16. The Morgan fingerprint density at radius 3 is 1.41 bits per heavy atom. The highest BCUT2D eigenvalue weighted by Gasteiger charge is 2.43. The van der Waals surface area contributed by atoms with Gasteiger partial charge < -0.3 is 78.2 Å². The maximum absolute atomic E-state index is 12.7. The van der Waals surface area contributed by atoms with E-state index in [9.17, 15) is 44.1 Å². The van der Waals surface area contributed by atoms with E-state index in [-0.39, 0.29) is 95.0 Å². The molecule has 0 aliphatic carbocycles. The van der Waals surface area contributed by atoms with Crippen LogP contribution in [0.15, 0.2) is 109 Å². The summed E-state index contributed by atoms with van der Waals surface area (Å²) in [5.41, 5.74) is 3.41. The van der Waals surface area contributed by atoms with Crippen LogP contribution in [0.2, 0.25) is 5.02 Å². The number of thiophene rings is 1. The minimum atomic E-state index is -0.779. The highest BCUT2D eigenvalue weighted by Crippen LogP contribution is 2.33. The lowest BCUT2D eigenvalue weighted by molar-refractivity contribution is -0.146. The molecule has 3 aromatic carbocycles. The van der Waals surface area contributed by atoms with Gasteiger partial charge in [0, 0.05) is 66.6 Å². The number of likely N-dealkylation sites (tertiary alicyclic amines) is 4. The van der Waals surface area contributed by atoms with Gasteiger partial charge in [-0.25, -0.2) is 24.0 Å². The standard InChI is InChI=1S/C15H19NO5.C14H15ClN2O3S.C14H17NO5.C14H19NO4.C6H13NO2/c1-19-12-8-13(14(17)20-2)16(9-12)15(18)21-10-11-6-4-3-5-7-11;1-20-9-4-8(7-18)17(6-9)14(19)12-5-11-13(21-12)10(15)2-3-16-11;1-19-13(17)12-7-11(16)8-15(12)14(18)20-9-10-5-3-2-4-6-10;1-18-13-7-12(9-16)15(8-13)14(17)19-10-11-5-3-2-4-6-11;1-9-6-2-5(4-8)7-3-6/h3-7,12-13H,8-10H2,1-2H3;2-3,5,8-9,18H,4,6-7H2,1H3;2-6,11-12,16H,7-9H2,1H3;2-6,12-13,16H,7-10H2,1H3;5-8H,2-4H2,1H3/t12-,13+;8-,9+;11-,12+;12-,13+;5-,6+/m10100/s1. The molecule has 5 aliphatic rings. The minimum Gasteiger partial charge on any atom is -0.467 e. The van der Waals surface area contributed by atoms with Gasteiger partial charge in [0.1, 0.15) is 31.9 Å². The van der Waals surface area contributed by atoms with Crippen molar-refractivity contribution in [1.82, 2.24) is 29.9 Å². The first-order valence-electron chi connectivity index (χ1n) is 29.3. The smallest absolute Gasteiger partial charge is 0.410 e. The van der Waals surface area contributed by atoms with Crippen molar-refractivity contribution in [2.75, 3.05) is 95.2 Å². The summed E-state index contributed by atoms with van der Waals surface area (Å²) in [5, 5.41) is 40.7. The second-order valence-corrected chi connectivity index (χ2v) is 22.9. The Morgan fingerprint density at radius 2 is 0.978 bits per heavy atom. The fourth-order valence-electron chi connectivity index (χ4n) is 10.5. The van der Waals surface area contributed by atoms with Crippen LogP contribution >= 0.6 is 22.9 Å². The van der Waals surface area contributed by atoms with Crippen LogP contribution in [-0.4, -0.2) is 237 Å². The number of pyridine rings is 1. The molecule has 2 aromatic heterocycles. The van der Waals surface area contributed by atoms with Crippen LogP contribution < -0.4 is 5.32 Å². The van der Waals surface area contributed by atoms with Crippen LogP contribution in [0.1, 0.15) is 58.5 Å². The van der Waals surface area contributed by atoms with E-state index in [1.165, 1.54) is 40.3 Å². The molecule has 0 radical (unpaired) electrons. The molecule has 90 heavy (non-hydrogen) atoms. The van der Waals surface area contributed by atoms with Gasteiger partial charge in [0.25, 0.3) is 5.91 Å². The van der Waals surface area contributed by atoms with Gasteiger partial charge in [-0.2, -0.15) is 0 Å². The van der Waals surface area contributed by atoms with Crippen molar-refractivity contribution in [3.63, 3.8) is 0 Å². The Morgan fingerprint density at radius 1 is 0.544 bits per heavy atom. The van der Waals surface area contributed by atoms with Crippen molar-refractivity contribution in [2.24, 2.45) is 0 Å². The molecule has 5 aromatic rings. The zero-order valence-electron chi connectivity index (χ0n) is 51.4. The van der Waals surface area contributed by atoms with Crippen LogP contribution in [-0.2, 0) is 72.0 Å². The number of halogens is 1. The summed E-state index contributed by atoms with van der Waals surface area (Å²) in [6.07, 6.45) is 2.24. The average Bonchev–Trinajstić information content (AvgIpc) is 1.86. The van der Waals surface area contributed by atoms with Crippen molar-refractivity contribution in [3.05, 3.63) is 136 Å². The first-order chi connectivity index (χ1) is 43.5. The number of ether oxygens (including phenoxy) is 9. The number of benzene rings is 3. The van der Waals surface area contributed by atoms with E-state index >= 15 is 0 Å². The maximum Gasteiger partial charge on any atom is 0.410 e. The van der Waals surface area contributed by atoms with Gasteiger partial charge in [-0.15, -0.1) is 11.3 Å². The van der Waals surface area contributed by atoms with E-state index in [1.807, 2.05) is 91.0 Å². The molecular formula is C63H83ClN6O19S. The number of nitrogens with zero attached hydrogens (tertiary/aromatic N) is 5. The van der Waals surface area contributed by atoms with E-state index in [0.717, 1.165) is 39.9 Å². The van der Waals surface area contributed by atoms with Gasteiger partial charge in [0.05, 0.1) is 116 Å². The SMILES string of the molecule is COC(=O)[C@@H]1C[C@@H](O)CN1C(=O)OCc1ccccc1.COC(=O)[C@@H]1C[C@@H](OC)CN1C(=O)OCc1ccccc1.CO[C@@H]1C[C@@H](CO)N(C(=O)OCc2ccccc2)C1.CO[C@@H]1C[C@@H](CO)N(C(=O)c2cc3nccc(Cl)c3s2)C1.CO[C@H]1CN[C@H](CO)C1. The number of nitrogens with one attached hydrogen (secondary N) is 1. The molecule has 0 unspecified atom stereocenters. The molecule has 5 saturated heterocycles. The van der Waals surface area contributed by atoms with Crippen molar-refractivity contribution in [3.8, 4) is 0 Å². The summed E-state index contributed by atoms with van der Waals surface area (Å²) < 4.78 is 46.6. The van der Waals surface area contributed by atoms with Crippen molar-refractivity contribution < 1.29 is 91.8 Å². The molecule has 4 amide bonds. The molecule has 27 heteroatoms. The fourth-order valence-corrected chi connectivity index (χ4v) is 11.7. The van der Waals surface area contributed by atoms with Gasteiger partial charge in [-0.05, 0) is 48.1 Å². The summed E-state index contributed by atoms with van der Waals surface area (Å²) in [4.78, 5) is 82.7. The van der Waals surface area contributed by atoms with Crippen LogP contribution in [0, 0.1) is 0 Å². The lowest BCUT2D eigenvalue weighted by Crippen LogP contribution is -2.41. The number of aromatic nitrogens is 1. The third-order valence-electron chi connectivity index (χ3n) is 15.6. The molecule has 5 fully saturated rings. The van der Waals surface area contributed by atoms with Gasteiger partial charge in [-0.3, -0.25) is 19.6 Å². The molecule has 5 aliphatic heterocycles. The molecule has 7 heterocycles. The number of amides is 4. The summed E-state index contributed by atoms with van der Waals surface area (Å²) >= 11 is 7.45. The first-order valence-corrected chi connectivity index (χ1v) is 30.5. The number of aliphatic hydroxyl groups is 4. The van der Waals surface area contributed by atoms with Gasteiger partial charge in [-0.1, -0.05) is 103 Å². The van der Waals surface area contributed by atoms with E-state index in [0.29, 0.717) is 54.9 Å². The van der Waals surface area contributed by atoms with Crippen LogP contribution in [0.4, 0.5) is 14.4 Å². The predicted molar refractivity (Wildman–Crippen MR) is 330 cm³/mol. The lowest BCUT2D eigenvalue weighted by Gasteiger charge is -2.21. The van der Waals surface area contributed by atoms with Crippen LogP contribution in [0.3, 0.4) is 0 Å². The monoisotopic (exact) mass is 1290 g/mol. The highest BCUT2D eigenvalue weighted by atomic mass is 35.5. The maximum atomic E-state index is 12.7. The Bertz CT molecular complexity index is 3000. The molecule has 10 rings (SSSR count). The molecule has 5 N–H and O–H groups in total. The quantitative estimate of drug-likeness (QED) is 0.0606. The number of carbonyl (C=O) groups excluding carboxylic acids is 6. The molecule has 0 saturated carbocycles. The van der Waals surface area contributed by atoms with E-state index < -0.39 is 48.4 Å². The van der Waals surface area contributed by atoms with Crippen LogP contribution in [0.5, 0.6) is 0 Å². The molecule has 10 atom stereocenters. The summed E-state index contributed by atoms with van der Waals surface area (Å²) in [6.45, 7) is 2.87. The normalized spacial score (nSPS) is 23.2. The van der Waals surface area contributed by atoms with Crippen LogP contribution in [0.25, 0.3) is 10.2 Å². The van der Waals surface area contributed by atoms with Crippen molar-refractivity contribution >= 4 is 69.3 Å². The topological polar surface area (TPSA) is 304 Å². The summed E-state index contributed by atoms with van der Waals surface area (Å²) in [6, 6.07) is 30.0. The average molecular weight is 1300 g/mol. The highest BCUT2D eigenvalue weighted by molar-refractivity contribution is 7.21. The second-order valence-electron chi connectivity index (χ2n) is 21.5. The summed E-state index contributed by atoms with van der Waals surface area (Å²) in [7, 11) is 9.04. The third-order valence-corrected chi connectivity index (χ3v) is 17.1. The zero-order valence-corrected chi connectivity index (χ0v) is 53.0. The number of carbonyl (C=O) groups is 6. The number of hydrogen-bond donors (Lipinski definition) is 5. The third kappa shape index (κ3) is 21.0. The Labute approximate surface area is 532 Å². The first kappa shape index (κ1) is 72.0. The molecule has 25 nitrogen and oxygen atoms in total. The van der Waals surface area contributed by atoms with E-state index in [2.05, 4.69) is 15.0 Å². The van der Waals surface area contributed by atoms with Gasteiger partial charge in [0.2, 0.25) is 0 Å². The number of aliphatic hydroxyl groups excluding tert-OH is 4. The summed E-state index contributed by atoms with van der Waals surface area (Å²) in [5.74, 6) is -1.10. The minimum absolute atomic E-state index is 0.0257. The fraction of sp³-hybridized carbons (Fsp3) is 0.508. The van der Waals surface area contributed by atoms with Crippen molar-refractivity contribution in [1.29, 1.82) is 0 Å². The second kappa shape index (κ2) is 37.3. The van der Waals surface area contributed by atoms with Gasteiger partial charge in [0.15, 0.2) is 0 Å². The number of methoxy groups -OCH3 is 6.